The Kier molecular flexibility index (Phi) is 2.85. The number of carbonyl (C=O) groups is 2. The molecule has 5 N–H and O–H groups in total. The van der Waals surface area contributed by atoms with Gasteiger partial charge >= 0.3 is 6.03 Å². The summed E-state index contributed by atoms with van der Waals surface area (Å²) in [7, 11) is 0. The quantitative estimate of drug-likeness (QED) is 0.648. The highest BCUT2D eigenvalue weighted by Gasteiger charge is 2.15. The molecular weight excluding hydrogens is 232 g/mol. The fourth-order valence-corrected chi connectivity index (χ4v) is 1.77. The molecule has 1 heterocycles. The number of nitrogens with two attached hydrogens (primary N) is 2. The van der Waals surface area contributed by atoms with E-state index in [1.54, 1.807) is 31.2 Å². The van der Waals surface area contributed by atoms with Crippen LogP contribution in [0.25, 0.3) is 10.8 Å². The number of amides is 3. The molecular formula is C12H12N4O2. The first-order valence-corrected chi connectivity index (χ1v) is 5.25. The van der Waals surface area contributed by atoms with Gasteiger partial charge in [-0.25, -0.2) is 9.78 Å². The van der Waals surface area contributed by atoms with Gasteiger partial charge in [-0.3, -0.25) is 10.1 Å². The van der Waals surface area contributed by atoms with Gasteiger partial charge in [0, 0.05) is 22.2 Å². The predicted octanol–water partition coefficient (Wildman–Crippen LogP) is 0.934. The van der Waals surface area contributed by atoms with E-state index in [1.807, 2.05) is 5.32 Å². The number of nitrogens with zero attached hydrogens (tertiary/aromatic N) is 1. The molecule has 6 heteroatoms. The number of hydrogen-bond acceptors (Lipinski definition) is 4. The van der Waals surface area contributed by atoms with Crippen LogP contribution >= 0.6 is 0 Å². The number of aromatic nitrogens is 1. The number of carbonyl (C=O) groups excluding carboxylic acids is 2. The molecule has 0 aliphatic rings. The molecule has 92 valence electrons. The number of aryl methyl sites for hydroxylation is 1. The van der Waals surface area contributed by atoms with Crippen molar-refractivity contribution >= 4 is 28.4 Å². The molecule has 6 nitrogen and oxygen atoms in total. The molecule has 0 atom stereocenters. The minimum absolute atomic E-state index is 0.135. The van der Waals surface area contributed by atoms with Crippen LogP contribution < -0.4 is 16.8 Å². The predicted molar refractivity (Wildman–Crippen MR) is 67.9 cm³/mol. The third-order valence-electron chi connectivity index (χ3n) is 2.49. The summed E-state index contributed by atoms with van der Waals surface area (Å²) < 4.78 is 0. The van der Waals surface area contributed by atoms with Crippen LogP contribution in [0.2, 0.25) is 0 Å². The topological polar surface area (TPSA) is 111 Å². The first kappa shape index (κ1) is 11.8. The monoisotopic (exact) mass is 244 g/mol. The van der Waals surface area contributed by atoms with Crippen LogP contribution in [-0.2, 0) is 0 Å². The SMILES string of the molecule is Cc1cc2c(N)cccc2c(C(=O)NC(N)=O)n1. The first-order valence-electron chi connectivity index (χ1n) is 5.25. The Morgan fingerprint density at radius 3 is 2.67 bits per heavy atom. The third-order valence-corrected chi connectivity index (χ3v) is 2.49. The van der Waals surface area contributed by atoms with Crippen molar-refractivity contribution in [2.75, 3.05) is 5.73 Å². The maximum absolute atomic E-state index is 11.8. The lowest BCUT2D eigenvalue weighted by atomic mass is 10.1. The van der Waals surface area contributed by atoms with Crippen molar-refractivity contribution in [2.24, 2.45) is 5.73 Å². The lowest BCUT2D eigenvalue weighted by molar-refractivity contribution is 0.0963. The molecule has 0 unspecified atom stereocenters. The van der Waals surface area contributed by atoms with Crippen molar-refractivity contribution in [1.29, 1.82) is 0 Å². The highest BCUT2D eigenvalue weighted by molar-refractivity contribution is 6.12. The van der Waals surface area contributed by atoms with Gasteiger partial charge in [0.1, 0.15) is 5.69 Å². The summed E-state index contributed by atoms with van der Waals surface area (Å²) in [6, 6.07) is 6.04. The fourth-order valence-electron chi connectivity index (χ4n) is 1.77. The average molecular weight is 244 g/mol. The van der Waals surface area contributed by atoms with Gasteiger partial charge in [0.15, 0.2) is 0 Å². The lowest BCUT2D eigenvalue weighted by Crippen LogP contribution is -2.35. The maximum atomic E-state index is 11.8. The zero-order valence-electron chi connectivity index (χ0n) is 9.73. The van der Waals surface area contributed by atoms with Gasteiger partial charge in [0.2, 0.25) is 0 Å². The second-order valence-corrected chi connectivity index (χ2v) is 3.87. The summed E-state index contributed by atoms with van der Waals surface area (Å²) in [6.45, 7) is 1.74. The minimum atomic E-state index is -0.916. The number of benzene rings is 1. The Morgan fingerprint density at radius 1 is 1.28 bits per heavy atom. The molecule has 0 saturated carbocycles. The average Bonchev–Trinajstić information content (AvgIpc) is 2.28. The highest BCUT2D eigenvalue weighted by atomic mass is 16.2. The number of nitrogens with one attached hydrogen (secondary N) is 1. The van der Waals surface area contributed by atoms with Crippen LogP contribution in [0.3, 0.4) is 0 Å². The van der Waals surface area contributed by atoms with E-state index in [4.69, 9.17) is 11.5 Å². The summed E-state index contributed by atoms with van der Waals surface area (Å²) in [5.41, 5.74) is 12.1. The van der Waals surface area contributed by atoms with Crippen molar-refractivity contribution < 1.29 is 9.59 Å². The molecule has 0 fully saturated rings. The van der Waals surface area contributed by atoms with E-state index in [1.165, 1.54) is 0 Å². The van der Waals surface area contributed by atoms with E-state index in [0.717, 1.165) is 5.39 Å². The zero-order valence-corrected chi connectivity index (χ0v) is 9.73. The largest absolute Gasteiger partial charge is 0.398 e. The van der Waals surface area contributed by atoms with E-state index in [2.05, 4.69) is 4.98 Å². The molecule has 0 aliphatic carbocycles. The second kappa shape index (κ2) is 4.33. The van der Waals surface area contributed by atoms with Gasteiger partial charge in [0.05, 0.1) is 0 Å². The Morgan fingerprint density at radius 2 is 2.00 bits per heavy atom. The first-order chi connectivity index (χ1) is 8.49. The molecule has 18 heavy (non-hydrogen) atoms. The maximum Gasteiger partial charge on any atom is 0.319 e. The number of urea groups is 1. The molecule has 3 amide bonds. The Bertz CT molecular complexity index is 652. The molecule has 2 rings (SSSR count). The number of hydrogen-bond donors (Lipinski definition) is 3. The van der Waals surface area contributed by atoms with E-state index in [0.29, 0.717) is 16.8 Å². The number of pyridine rings is 1. The molecule has 0 radical (unpaired) electrons. The highest BCUT2D eigenvalue weighted by Crippen LogP contribution is 2.23. The van der Waals surface area contributed by atoms with Crippen LogP contribution in [0.1, 0.15) is 16.2 Å². The van der Waals surface area contributed by atoms with Crippen molar-refractivity contribution in [3.8, 4) is 0 Å². The number of nitrogen functional groups attached to an aromatic ring is 1. The van der Waals surface area contributed by atoms with Gasteiger partial charge in [-0.05, 0) is 19.1 Å². The summed E-state index contributed by atoms with van der Waals surface area (Å²) in [4.78, 5) is 26.6. The van der Waals surface area contributed by atoms with E-state index in [9.17, 15) is 9.59 Å². The number of imide groups is 1. The number of anilines is 1. The zero-order chi connectivity index (χ0) is 13.3. The van der Waals surface area contributed by atoms with Crippen molar-refractivity contribution in [2.45, 2.75) is 6.92 Å². The Labute approximate surface area is 103 Å². The van der Waals surface area contributed by atoms with Crippen molar-refractivity contribution in [3.05, 3.63) is 35.7 Å². The summed E-state index contributed by atoms with van der Waals surface area (Å²) >= 11 is 0. The fraction of sp³-hybridized carbons (Fsp3) is 0.0833. The molecule has 0 saturated heterocycles. The van der Waals surface area contributed by atoms with Gasteiger partial charge in [0.25, 0.3) is 5.91 Å². The minimum Gasteiger partial charge on any atom is -0.398 e. The third kappa shape index (κ3) is 2.08. The molecule has 0 bridgehead atoms. The molecule has 0 aliphatic heterocycles. The Hall–Kier alpha value is -2.63. The molecule has 1 aromatic heterocycles. The van der Waals surface area contributed by atoms with Gasteiger partial charge in [-0.15, -0.1) is 0 Å². The van der Waals surface area contributed by atoms with Gasteiger partial charge < -0.3 is 11.5 Å². The van der Waals surface area contributed by atoms with E-state index < -0.39 is 11.9 Å². The van der Waals surface area contributed by atoms with Crippen LogP contribution in [0.4, 0.5) is 10.5 Å². The van der Waals surface area contributed by atoms with Crippen LogP contribution in [0.5, 0.6) is 0 Å². The van der Waals surface area contributed by atoms with E-state index >= 15 is 0 Å². The molecule has 2 aromatic rings. The smallest absolute Gasteiger partial charge is 0.319 e. The van der Waals surface area contributed by atoms with Crippen LogP contribution in [0.15, 0.2) is 24.3 Å². The summed E-state index contributed by atoms with van der Waals surface area (Å²) in [5.74, 6) is -0.637. The standard InChI is InChI=1S/C12H12N4O2/c1-6-5-8-7(3-2-4-9(8)13)10(15-6)11(17)16-12(14)18/h2-5H,13H2,1H3,(H3,14,16,17,18). The van der Waals surface area contributed by atoms with E-state index in [-0.39, 0.29) is 5.69 Å². The molecule has 1 aromatic carbocycles. The molecule has 0 spiro atoms. The number of fused-ring (bicyclic) bond motifs is 1. The normalized spacial score (nSPS) is 10.3. The number of primary amides is 1. The number of rotatable bonds is 1. The Balaban J connectivity index is 2.66. The second-order valence-electron chi connectivity index (χ2n) is 3.87. The van der Waals surface area contributed by atoms with Gasteiger partial charge in [-0.1, -0.05) is 12.1 Å². The van der Waals surface area contributed by atoms with Crippen LogP contribution in [-0.4, -0.2) is 16.9 Å². The lowest BCUT2D eigenvalue weighted by Gasteiger charge is -2.08. The summed E-state index contributed by atoms with van der Waals surface area (Å²) in [5, 5.41) is 3.30. The van der Waals surface area contributed by atoms with Crippen molar-refractivity contribution in [3.63, 3.8) is 0 Å². The summed E-state index contributed by atoms with van der Waals surface area (Å²) in [6.07, 6.45) is 0. The van der Waals surface area contributed by atoms with Crippen LogP contribution in [0, 0.1) is 6.92 Å². The van der Waals surface area contributed by atoms with Crippen molar-refractivity contribution in [1.82, 2.24) is 10.3 Å². The van der Waals surface area contributed by atoms with Gasteiger partial charge in [-0.2, -0.15) is 0 Å².